The number of rotatable bonds is 2. The maximum Gasteiger partial charge on any atom is 0.0456 e. The summed E-state index contributed by atoms with van der Waals surface area (Å²) in [5, 5.41) is 0.781. The van der Waals surface area contributed by atoms with Crippen molar-refractivity contribution in [3.63, 3.8) is 0 Å². The Balaban J connectivity index is 1.95. The van der Waals surface area contributed by atoms with Crippen molar-refractivity contribution in [3.05, 3.63) is 68.7 Å². The lowest BCUT2D eigenvalue weighted by molar-refractivity contribution is 0.439. The van der Waals surface area contributed by atoms with Gasteiger partial charge in [-0.05, 0) is 48.1 Å². The second kappa shape index (κ2) is 4.93. The lowest BCUT2D eigenvalue weighted by Crippen LogP contribution is -2.36. The molecule has 1 unspecified atom stereocenters. The molecule has 0 aliphatic heterocycles. The molecule has 0 spiro atoms. The Morgan fingerprint density at radius 3 is 2.79 bits per heavy atom. The van der Waals surface area contributed by atoms with Gasteiger partial charge in [0.05, 0.1) is 0 Å². The van der Waals surface area contributed by atoms with E-state index in [2.05, 4.69) is 46.3 Å². The van der Waals surface area contributed by atoms with Gasteiger partial charge >= 0.3 is 0 Å². The van der Waals surface area contributed by atoms with E-state index in [-0.39, 0.29) is 5.54 Å². The third kappa shape index (κ3) is 2.45. The Labute approximate surface area is 126 Å². The lowest BCUT2D eigenvalue weighted by Gasteiger charge is -2.26. The monoisotopic (exact) mass is 335 g/mol. The first-order chi connectivity index (χ1) is 9.08. The van der Waals surface area contributed by atoms with Crippen molar-refractivity contribution < 1.29 is 0 Å². The van der Waals surface area contributed by atoms with Crippen LogP contribution in [0.1, 0.15) is 23.1 Å². The molecule has 0 radical (unpaired) electrons. The average Bonchev–Trinajstić information content (AvgIpc) is 2.72. The molecule has 1 aliphatic rings. The summed E-state index contributed by atoms with van der Waals surface area (Å²) in [6, 6.07) is 14.5. The van der Waals surface area contributed by atoms with Crippen LogP contribution in [0, 0.1) is 0 Å². The summed E-state index contributed by atoms with van der Waals surface area (Å²) >= 11 is 9.74. The van der Waals surface area contributed by atoms with Gasteiger partial charge < -0.3 is 5.73 Å². The van der Waals surface area contributed by atoms with Crippen molar-refractivity contribution >= 4 is 27.5 Å². The summed E-state index contributed by atoms with van der Waals surface area (Å²) in [4.78, 5) is 0. The molecule has 0 aromatic heterocycles. The van der Waals surface area contributed by atoms with Crippen LogP contribution in [0.4, 0.5) is 0 Å². The van der Waals surface area contributed by atoms with Gasteiger partial charge in [0.25, 0.3) is 0 Å². The zero-order valence-electron chi connectivity index (χ0n) is 10.5. The Morgan fingerprint density at radius 2 is 2.00 bits per heavy atom. The molecule has 1 nitrogen and oxygen atoms in total. The van der Waals surface area contributed by atoms with Gasteiger partial charge in [-0.2, -0.15) is 0 Å². The largest absolute Gasteiger partial charge is 0.321 e. The SMILES string of the molecule is NC1(Cc2ccc(Br)cc2Cl)CCc2ccccc21. The van der Waals surface area contributed by atoms with E-state index in [1.807, 2.05) is 12.1 Å². The van der Waals surface area contributed by atoms with E-state index >= 15 is 0 Å². The topological polar surface area (TPSA) is 26.0 Å². The normalized spacial score (nSPS) is 21.4. The van der Waals surface area contributed by atoms with Crippen LogP contribution in [0.3, 0.4) is 0 Å². The minimum absolute atomic E-state index is 0.284. The molecule has 0 fully saturated rings. The zero-order valence-corrected chi connectivity index (χ0v) is 12.8. The van der Waals surface area contributed by atoms with Crippen molar-refractivity contribution in [2.24, 2.45) is 5.73 Å². The molecule has 19 heavy (non-hydrogen) atoms. The molecule has 0 saturated carbocycles. The van der Waals surface area contributed by atoms with Crippen LogP contribution in [0.15, 0.2) is 46.9 Å². The standard InChI is InChI=1S/C16H15BrClN/c17-13-6-5-12(15(18)9-13)10-16(19)8-7-11-3-1-2-4-14(11)16/h1-6,9H,7-8,10,19H2. The minimum atomic E-state index is -0.284. The fourth-order valence-electron chi connectivity index (χ4n) is 2.90. The van der Waals surface area contributed by atoms with Gasteiger partial charge in [-0.15, -0.1) is 0 Å². The number of hydrogen-bond acceptors (Lipinski definition) is 1. The number of fused-ring (bicyclic) bond motifs is 1. The molecule has 3 rings (SSSR count). The van der Waals surface area contributed by atoms with Crippen LogP contribution in [0.2, 0.25) is 5.02 Å². The van der Waals surface area contributed by atoms with Crippen LogP contribution < -0.4 is 5.73 Å². The minimum Gasteiger partial charge on any atom is -0.321 e. The van der Waals surface area contributed by atoms with Gasteiger partial charge in [0.15, 0.2) is 0 Å². The zero-order chi connectivity index (χ0) is 13.5. The first-order valence-corrected chi connectivity index (χ1v) is 7.57. The first-order valence-electron chi connectivity index (χ1n) is 6.40. The van der Waals surface area contributed by atoms with Crippen LogP contribution in [0.5, 0.6) is 0 Å². The number of aryl methyl sites for hydroxylation is 1. The number of hydrogen-bond donors (Lipinski definition) is 1. The van der Waals surface area contributed by atoms with Crippen molar-refractivity contribution in [2.75, 3.05) is 0 Å². The summed E-state index contributed by atoms with van der Waals surface area (Å²) in [5.41, 5.74) is 10.1. The van der Waals surface area contributed by atoms with E-state index in [0.717, 1.165) is 34.3 Å². The fourth-order valence-corrected chi connectivity index (χ4v) is 3.65. The van der Waals surface area contributed by atoms with E-state index in [1.54, 1.807) is 0 Å². The fraction of sp³-hybridized carbons (Fsp3) is 0.250. The van der Waals surface area contributed by atoms with E-state index in [4.69, 9.17) is 17.3 Å². The first kappa shape index (κ1) is 13.2. The number of nitrogens with two attached hydrogens (primary N) is 1. The van der Waals surface area contributed by atoms with Crippen LogP contribution >= 0.6 is 27.5 Å². The van der Waals surface area contributed by atoms with Gasteiger partial charge in [0, 0.05) is 15.0 Å². The maximum atomic E-state index is 6.64. The highest BCUT2D eigenvalue weighted by atomic mass is 79.9. The molecule has 1 atom stereocenters. The number of benzene rings is 2. The Kier molecular flexibility index (Phi) is 3.42. The molecule has 0 bridgehead atoms. The second-order valence-electron chi connectivity index (χ2n) is 5.23. The van der Waals surface area contributed by atoms with Gasteiger partial charge in [-0.25, -0.2) is 0 Å². The van der Waals surface area contributed by atoms with Crippen LogP contribution in [-0.4, -0.2) is 0 Å². The molecule has 3 heteroatoms. The van der Waals surface area contributed by atoms with Crippen molar-refractivity contribution in [3.8, 4) is 0 Å². The smallest absolute Gasteiger partial charge is 0.0456 e. The van der Waals surface area contributed by atoms with E-state index in [0.29, 0.717) is 0 Å². The Morgan fingerprint density at radius 1 is 1.21 bits per heavy atom. The molecule has 2 N–H and O–H groups in total. The predicted octanol–water partition coefficient (Wildman–Crippen LogP) is 4.45. The van der Waals surface area contributed by atoms with Gasteiger partial charge in [-0.1, -0.05) is 57.9 Å². The number of halogens is 2. The molecule has 98 valence electrons. The molecular weight excluding hydrogens is 322 g/mol. The van der Waals surface area contributed by atoms with Gasteiger partial charge in [0.1, 0.15) is 0 Å². The molecule has 2 aromatic rings. The molecule has 1 aliphatic carbocycles. The second-order valence-corrected chi connectivity index (χ2v) is 6.55. The highest BCUT2D eigenvalue weighted by Crippen LogP contribution is 2.38. The third-order valence-electron chi connectivity index (χ3n) is 3.92. The highest BCUT2D eigenvalue weighted by molar-refractivity contribution is 9.10. The highest BCUT2D eigenvalue weighted by Gasteiger charge is 2.35. The third-order valence-corrected chi connectivity index (χ3v) is 4.76. The maximum absolute atomic E-state index is 6.64. The summed E-state index contributed by atoms with van der Waals surface area (Å²) in [6.45, 7) is 0. The van der Waals surface area contributed by atoms with E-state index in [9.17, 15) is 0 Å². The Hall–Kier alpha value is -0.830. The molecule has 0 amide bonds. The van der Waals surface area contributed by atoms with Crippen molar-refractivity contribution in [1.82, 2.24) is 0 Å². The van der Waals surface area contributed by atoms with Gasteiger partial charge in [0.2, 0.25) is 0 Å². The molecule has 0 heterocycles. The van der Waals surface area contributed by atoms with Crippen LogP contribution in [0.25, 0.3) is 0 Å². The molecular formula is C16H15BrClN. The summed E-state index contributed by atoms with van der Waals surface area (Å²) < 4.78 is 0.999. The van der Waals surface area contributed by atoms with Crippen molar-refractivity contribution in [1.29, 1.82) is 0 Å². The van der Waals surface area contributed by atoms with Crippen LogP contribution in [-0.2, 0) is 18.4 Å². The molecule has 2 aromatic carbocycles. The Bertz CT molecular complexity index is 626. The molecule has 0 saturated heterocycles. The lowest BCUT2D eigenvalue weighted by atomic mass is 9.86. The quantitative estimate of drug-likeness (QED) is 0.861. The summed E-state index contributed by atoms with van der Waals surface area (Å²) in [5.74, 6) is 0. The average molecular weight is 337 g/mol. The van der Waals surface area contributed by atoms with Crippen molar-refractivity contribution in [2.45, 2.75) is 24.8 Å². The summed E-state index contributed by atoms with van der Waals surface area (Å²) in [7, 11) is 0. The van der Waals surface area contributed by atoms with E-state index in [1.165, 1.54) is 11.1 Å². The predicted molar refractivity (Wildman–Crippen MR) is 83.5 cm³/mol. The van der Waals surface area contributed by atoms with E-state index < -0.39 is 0 Å². The summed E-state index contributed by atoms with van der Waals surface area (Å²) in [6.07, 6.45) is 2.83. The van der Waals surface area contributed by atoms with Gasteiger partial charge in [-0.3, -0.25) is 0 Å².